The number of fused-ring (bicyclic) bond motifs is 1. The molecule has 1 aromatic heterocycles. The van der Waals surface area contributed by atoms with Gasteiger partial charge in [-0.25, -0.2) is 4.98 Å². The van der Waals surface area contributed by atoms with E-state index in [4.69, 9.17) is 0 Å². The van der Waals surface area contributed by atoms with Crippen molar-refractivity contribution in [3.05, 3.63) is 59.1 Å². The predicted molar refractivity (Wildman–Crippen MR) is 89.7 cm³/mol. The van der Waals surface area contributed by atoms with E-state index in [0.29, 0.717) is 16.4 Å². The molecule has 3 rings (SSSR count). The van der Waals surface area contributed by atoms with Crippen LogP contribution in [0.4, 0.5) is 5.13 Å². The molecule has 1 amide bonds. The maximum Gasteiger partial charge on any atom is 0.311 e. The quantitative estimate of drug-likeness (QED) is 0.747. The van der Waals surface area contributed by atoms with E-state index in [9.17, 15) is 9.59 Å². The molecule has 0 unspecified atom stereocenters. The fourth-order valence-electron chi connectivity index (χ4n) is 2.17. The van der Waals surface area contributed by atoms with E-state index >= 15 is 0 Å². The second-order valence-corrected chi connectivity index (χ2v) is 5.77. The summed E-state index contributed by atoms with van der Waals surface area (Å²) in [5.41, 5.74) is 1.14. The Hall–Kier alpha value is -2.73. The molecule has 0 saturated carbocycles. The third-order valence-electron chi connectivity index (χ3n) is 3.34. The van der Waals surface area contributed by atoms with Gasteiger partial charge in [-0.15, -0.1) is 11.3 Å². The van der Waals surface area contributed by atoms with Crippen molar-refractivity contribution in [1.29, 1.82) is 0 Å². The minimum Gasteiger partial charge on any atom is -0.469 e. The Morgan fingerprint density at radius 3 is 2.74 bits per heavy atom. The summed E-state index contributed by atoms with van der Waals surface area (Å²) in [5, 5.41) is 7.03. The Morgan fingerprint density at radius 2 is 1.96 bits per heavy atom. The van der Waals surface area contributed by atoms with E-state index in [1.54, 1.807) is 11.4 Å². The Balaban J connectivity index is 1.74. The summed E-state index contributed by atoms with van der Waals surface area (Å²) in [6.07, 6.45) is 0.0961. The lowest BCUT2D eigenvalue weighted by molar-refractivity contribution is -0.139. The molecule has 0 aliphatic rings. The molecule has 5 nitrogen and oxygen atoms in total. The molecule has 1 heterocycles. The SMILES string of the molecule is COC(=O)Cc1csc(NC(=O)c2ccc3ccccc3c2)n1. The van der Waals surface area contributed by atoms with Gasteiger partial charge in [-0.2, -0.15) is 0 Å². The van der Waals surface area contributed by atoms with Crippen molar-refractivity contribution in [3.63, 3.8) is 0 Å². The molecule has 0 aliphatic heterocycles. The number of hydrogen-bond donors (Lipinski definition) is 1. The molecule has 0 saturated heterocycles. The van der Waals surface area contributed by atoms with Crippen LogP contribution < -0.4 is 5.32 Å². The average Bonchev–Trinajstić information content (AvgIpc) is 3.01. The lowest BCUT2D eigenvalue weighted by Gasteiger charge is -2.03. The van der Waals surface area contributed by atoms with Crippen molar-refractivity contribution < 1.29 is 14.3 Å². The molecular formula is C17H14N2O3S. The van der Waals surface area contributed by atoms with Gasteiger partial charge in [0.15, 0.2) is 5.13 Å². The summed E-state index contributed by atoms with van der Waals surface area (Å²) < 4.78 is 4.59. The lowest BCUT2D eigenvalue weighted by Crippen LogP contribution is -2.12. The Kier molecular flexibility index (Phi) is 4.34. The summed E-state index contributed by atoms with van der Waals surface area (Å²) >= 11 is 1.28. The van der Waals surface area contributed by atoms with E-state index in [-0.39, 0.29) is 18.3 Å². The van der Waals surface area contributed by atoms with Crippen molar-refractivity contribution >= 4 is 39.1 Å². The number of nitrogens with zero attached hydrogens (tertiary/aromatic N) is 1. The molecule has 6 heteroatoms. The number of carbonyl (C=O) groups excluding carboxylic acids is 2. The maximum atomic E-state index is 12.3. The number of ether oxygens (including phenoxy) is 1. The normalized spacial score (nSPS) is 10.5. The van der Waals surface area contributed by atoms with Gasteiger partial charge in [0.2, 0.25) is 0 Å². The van der Waals surface area contributed by atoms with Gasteiger partial charge in [-0.1, -0.05) is 30.3 Å². The first kappa shape index (κ1) is 15.2. The van der Waals surface area contributed by atoms with Gasteiger partial charge < -0.3 is 4.74 Å². The smallest absolute Gasteiger partial charge is 0.311 e. The highest BCUT2D eigenvalue weighted by Crippen LogP contribution is 2.19. The van der Waals surface area contributed by atoms with Crippen LogP contribution in [-0.4, -0.2) is 24.0 Å². The van der Waals surface area contributed by atoms with Crippen LogP contribution in [0.3, 0.4) is 0 Å². The van der Waals surface area contributed by atoms with Gasteiger partial charge in [0.1, 0.15) is 0 Å². The number of thiazole rings is 1. The number of hydrogen-bond acceptors (Lipinski definition) is 5. The second kappa shape index (κ2) is 6.58. The summed E-state index contributed by atoms with van der Waals surface area (Å²) in [6.45, 7) is 0. The Morgan fingerprint density at radius 1 is 1.17 bits per heavy atom. The number of amides is 1. The number of esters is 1. The Bertz CT molecular complexity index is 873. The fourth-order valence-corrected chi connectivity index (χ4v) is 2.87. The molecule has 0 aliphatic carbocycles. The van der Waals surface area contributed by atoms with Crippen LogP contribution >= 0.6 is 11.3 Å². The molecule has 2 aromatic carbocycles. The first-order chi connectivity index (χ1) is 11.2. The van der Waals surface area contributed by atoms with E-state index in [2.05, 4.69) is 15.0 Å². The van der Waals surface area contributed by atoms with Crippen LogP contribution in [-0.2, 0) is 16.0 Å². The molecule has 0 radical (unpaired) electrons. The zero-order valence-corrected chi connectivity index (χ0v) is 13.2. The van der Waals surface area contributed by atoms with Gasteiger partial charge in [-0.05, 0) is 22.9 Å². The van der Waals surface area contributed by atoms with Gasteiger partial charge in [0.25, 0.3) is 5.91 Å². The largest absolute Gasteiger partial charge is 0.469 e. The van der Waals surface area contributed by atoms with Crippen molar-refractivity contribution in [2.45, 2.75) is 6.42 Å². The van der Waals surface area contributed by atoms with Crippen molar-refractivity contribution in [1.82, 2.24) is 4.98 Å². The third kappa shape index (κ3) is 3.54. The molecule has 116 valence electrons. The first-order valence-electron chi connectivity index (χ1n) is 6.97. The number of anilines is 1. The average molecular weight is 326 g/mol. The summed E-state index contributed by atoms with van der Waals surface area (Å²) in [6, 6.07) is 13.4. The predicted octanol–water partition coefficient (Wildman–Crippen LogP) is 3.26. The minimum absolute atomic E-state index is 0.0961. The highest BCUT2D eigenvalue weighted by molar-refractivity contribution is 7.14. The standard InChI is InChI=1S/C17H14N2O3S/c1-22-15(20)9-14-10-23-17(18-14)19-16(21)13-7-6-11-4-2-3-5-12(11)8-13/h2-8,10H,9H2,1H3,(H,18,19,21). The lowest BCUT2D eigenvalue weighted by atomic mass is 10.1. The number of aromatic nitrogens is 1. The highest BCUT2D eigenvalue weighted by atomic mass is 32.1. The van der Waals surface area contributed by atoms with Gasteiger partial charge in [0, 0.05) is 10.9 Å². The van der Waals surface area contributed by atoms with E-state index in [0.717, 1.165) is 10.8 Å². The van der Waals surface area contributed by atoms with E-state index in [1.807, 2.05) is 36.4 Å². The van der Waals surface area contributed by atoms with Crippen molar-refractivity contribution in [2.75, 3.05) is 12.4 Å². The van der Waals surface area contributed by atoms with Crippen LogP contribution in [0, 0.1) is 0 Å². The molecule has 1 N–H and O–H groups in total. The number of methoxy groups -OCH3 is 1. The monoisotopic (exact) mass is 326 g/mol. The van der Waals surface area contributed by atoms with Crippen molar-refractivity contribution in [2.24, 2.45) is 0 Å². The highest BCUT2D eigenvalue weighted by Gasteiger charge is 2.11. The topological polar surface area (TPSA) is 68.3 Å². The zero-order valence-electron chi connectivity index (χ0n) is 12.4. The first-order valence-corrected chi connectivity index (χ1v) is 7.85. The minimum atomic E-state index is -0.359. The van der Waals surface area contributed by atoms with E-state index in [1.165, 1.54) is 18.4 Å². The third-order valence-corrected chi connectivity index (χ3v) is 4.14. The van der Waals surface area contributed by atoms with Gasteiger partial charge >= 0.3 is 5.97 Å². The summed E-state index contributed by atoms with van der Waals surface area (Å²) in [7, 11) is 1.33. The Labute approximate surface area is 136 Å². The number of rotatable bonds is 4. The second-order valence-electron chi connectivity index (χ2n) is 4.91. The number of carbonyl (C=O) groups is 2. The van der Waals surface area contributed by atoms with Crippen LogP contribution in [0.2, 0.25) is 0 Å². The molecule has 3 aromatic rings. The van der Waals surface area contributed by atoms with E-state index < -0.39 is 0 Å². The van der Waals surface area contributed by atoms with Gasteiger partial charge in [-0.3, -0.25) is 14.9 Å². The molecule has 0 atom stereocenters. The molecule has 0 spiro atoms. The number of benzene rings is 2. The number of nitrogens with one attached hydrogen (secondary N) is 1. The van der Waals surface area contributed by atoms with Crippen LogP contribution in [0.1, 0.15) is 16.1 Å². The van der Waals surface area contributed by atoms with Gasteiger partial charge in [0.05, 0.1) is 19.2 Å². The van der Waals surface area contributed by atoms with Crippen LogP contribution in [0.15, 0.2) is 47.8 Å². The zero-order chi connectivity index (χ0) is 16.2. The molecule has 0 fully saturated rings. The summed E-state index contributed by atoms with van der Waals surface area (Å²) in [5.74, 6) is -0.586. The fraction of sp³-hybridized carbons (Fsp3) is 0.118. The molecule has 0 bridgehead atoms. The van der Waals surface area contributed by atoms with Crippen molar-refractivity contribution in [3.8, 4) is 0 Å². The van der Waals surface area contributed by atoms with Crippen LogP contribution in [0.5, 0.6) is 0 Å². The molecular weight excluding hydrogens is 312 g/mol. The maximum absolute atomic E-state index is 12.3. The van der Waals surface area contributed by atoms with Crippen LogP contribution in [0.25, 0.3) is 10.8 Å². The summed E-state index contributed by atoms with van der Waals surface area (Å²) in [4.78, 5) is 27.7. The molecule has 23 heavy (non-hydrogen) atoms.